The molecule has 188 valence electrons. The van der Waals surface area contributed by atoms with Crippen molar-refractivity contribution in [2.75, 3.05) is 13.1 Å². The summed E-state index contributed by atoms with van der Waals surface area (Å²) >= 11 is 0. The van der Waals surface area contributed by atoms with E-state index in [1.54, 1.807) is 12.1 Å². The number of amides is 6. The van der Waals surface area contributed by atoms with Gasteiger partial charge >= 0.3 is 6.03 Å². The Bertz CT molecular complexity index is 1450. The van der Waals surface area contributed by atoms with Gasteiger partial charge in [-0.15, -0.1) is 0 Å². The molecule has 2 fully saturated rings. The van der Waals surface area contributed by atoms with Crippen molar-refractivity contribution in [3.63, 3.8) is 0 Å². The van der Waals surface area contributed by atoms with E-state index >= 15 is 0 Å². The number of pyridine rings is 1. The SMILES string of the molecule is CC(=O)N1CC(NC(=O)c2ccc(Cc3cc(C)nc4ccccc34)cc2)C2(C1)C(=O)NC(=O)NC2=O. The van der Waals surface area contributed by atoms with Crippen LogP contribution in [0.2, 0.25) is 0 Å². The van der Waals surface area contributed by atoms with Crippen LogP contribution in [0.4, 0.5) is 4.79 Å². The Labute approximate surface area is 212 Å². The first-order chi connectivity index (χ1) is 17.7. The largest absolute Gasteiger partial charge is 0.346 e. The fourth-order valence-electron chi connectivity index (χ4n) is 5.06. The predicted octanol–water partition coefficient (Wildman–Crippen LogP) is 1.45. The van der Waals surface area contributed by atoms with Crippen LogP contribution in [0.25, 0.3) is 10.9 Å². The number of likely N-dealkylation sites (tertiary alicyclic amines) is 1. The average Bonchev–Trinajstić information content (AvgIpc) is 3.24. The third kappa shape index (κ3) is 4.31. The second kappa shape index (κ2) is 9.12. The normalized spacial score (nSPS) is 18.6. The molecule has 37 heavy (non-hydrogen) atoms. The van der Waals surface area contributed by atoms with Crippen molar-refractivity contribution in [1.29, 1.82) is 0 Å². The maximum atomic E-state index is 13.1. The molecule has 0 radical (unpaired) electrons. The molecule has 10 nitrogen and oxygen atoms in total. The van der Waals surface area contributed by atoms with Crippen molar-refractivity contribution in [2.45, 2.75) is 26.3 Å². The highest BCUT2D eigenvalue weighted by atomic mass is 16.2. The Morgan fingerprint density at radius 1 is 1.05 bits per heavy atom. The second-order valence-electron chi connectivity index (χ2n) is 9.45. The van der Waals surface area contributed by atoms with Gasteiger partial charge in [0.1, 0.15) is 0 Å². The van der Waals surface area contributed by atoms with Crippen LogP contribution >= 0.6 is 0 Å². The van der Waals surface area contributed by atoms with Gasteiger partial charge < -0.3 is 10.2 Å². The number of carbonyl (C=O) groups excluding carboxylic acids is 5. The molecule has 2 aliphatic rings. The lowest BCUT2D eigenvalue weighted by atomic mass is 9.79. The molecular weight excluding hydrogens is 474 g/mol. The summed E-state index contributed by atoms with van der Waals surface area (Å²) in [6, 6.07) is 15.1. The lowest BCUT2D eigenvalue weighted by molar-refractivity contribution is -0.144. The number of aryl methyl sites for hydroxylation is 1. The Morgan fingerprint density at radius 2 is 1.73 bits per heavy atom. The first kappa shape index (κ1) is 24.1. The lowest BCUT2D eigenvalue weighted by Gasteiger charge is -2.34. The topological polar surface area (TPSA) is 138 Å². The van der Waals surface area contributed by atoms with E-state index in [9.17, 15) is 24.0 Å². The molecule has 2 aromatic carbocycles. The highest BCUT2D eigenvalue weighted by Gasteiger charge is 2.61. The molecule has 2 aliphatic heterocycles. The summed E-state index contributed by atoms with van der Waals surface area (Å²) in [5.41, 5.74) is 2.51. The van der Waals surface area contributed by atoms with Crippen molar-refractivity contribution in [3.8, 4) is 0 Å². The Balaban J connectivity index is 1.36. The third-order valence-electron chi connectivity index (χ3n) is 6.99. The molecule has 3 aromatic rings. The summed E-state index contributed by atoms with van der Waals surface area (Å²) in [6.07, 6.45) is 0.652. The van der Waals surface area contributed by atoms with E-state index in [1.165, 1.54) is 11.8 Å². The van der Waals surface area contributed by atoms with Crippen LogP contribution in [0.1, 0.15) is 34.1 Å². The Morgan fingerprint density at radius 3 is 2.41 bits per heavy atom. The van der Waals surface area contributed by atoms with Gasteiger partial charge in [0.2, 0.25) is 17.7 Å². The Hall–Kier alpha value is -4.60. The van der Waals surface area contributed by atoms with E-state index in [1.807, 2.05) is 49.4 Å². The predicted molar refractivity (Wildman–Crippen MR) is 133 cm³/mol. The van der Waals surface area contributed by atoms with Crippen LogP contribution in [0.3, 0.4) is 0 Å². The van der Waals surface area contributed by atoms with Gasteiger partial charge in [0.05, 0.1) is 11.6 Å². The van der Waals surface area contributed by atoms with Crippen LogP contribution in [0.5, 0.6) is 0 Å². The number of para-hydroxylation sites is 1. The van der Waals surface area contributed by atoms with Crippen molar-refractivity contribution in [3.05, 3.63) is 77.0 Å². The number of nitrogens with zero attached hydrogens (tertiary/aromatic N) is 2. The number of rotatable bonds is 4. The van der Waals surface area contributed by atoms with Gasteiger partial charge in [-0.25, -0.2) is 4.79 Å². The number of hydrogen-bond donors (Lipinski definition) is 3. The quantitative estimate of drug-likeness (QED) is 0.465. The van der Waals surface area contributed by atoms with Crippen LogP contribution in [0, 0.1) is 12.3 Å². The molecule has 3 N–H and O–H groups in total. The molecule has 0 saturated carbocycles. The number of barbiturate groups is 1. The molecular formula is C27H25N5O5. The number of hydrogen-bond acceptors (Lipinski definition) is 6. The zero-order valence-corrected chi connectivity index (χ0v) is 20.3. The fraction of sp³-hybridized carbons (Fsp3) is 0.259. The summed E-state index contributed by atoms with van der Waals surface area (Å²) in [5, 5.41) is 7.99. The molecule has 6 amide bonds. The minimum Gasteiger partial charge on any atom is -0.346 e. The van der Waals surface area contributed by atoms with E-state index in [0.717, 1.165) is 27.7 Å². The van der Waals surface area contributed by atoms with Crippen LogP contribution in [-0.2, 0) is 20.8 Å². The summed E-state index contributed by atoms with van der Waals surface area (Å²) < 4.78 is 0. The smallest absolute Gasteiger partial charge is 0.328 e. The lowest BCUT2D eigenvalue weighted by Crippen LogP contribution is -2.69. The molecule has 0 bridgehead atoms. The van der Waals surface area contributed by atoms with Crippen LogP contribution < -0.4 is 16.0 Å². The van der Waals surface area contributed by atoms with Crippen molar-refractivity contribution < 1.29 is 24.0 Å². The monoisotopic (exact) mass is 499 g/mol. The van der Waals surface area contributed by atoms with Gasteiger partial charge in [0.15, 0.2) is 5.41 Å². The molecule has 3 heterocycles. The van der Waals surface area contributed by atoms with E-state index in [2.05, 4.69) is 20.9 Å². The first-order valence-corrected chi connectivity index (χ1v) is 11.8. The molecule has 1 spiro atoms. The van der Waals surface area contributed by atoms with Gasteiger partial charge in [0.25, 0.3) is 5.91 Å². The summed E-state index contributed by atoms with van der Waals surface area (Å²) in [6.45, 7) is 2.99. The van der Waals surface area contributed by atoms with Crippen molar-refractivity contribution in [1.82, 2.24) is 25.8 Å². The maximum Gasteiger partial charge on any atom is 0.328 e. The standard InChI is InChI=1S/C27H25N5O5/c1-15-11-19(20-5-3-4-6-21(20)28-15)12-17-7-9-18(10-8-17)23(34)29-22-13-32(16(2)33)14-27(22)24(35)30-26(37)31-25(27)36/h3-11,22H,12-14H2,1-2H3,(H,29,34)(H2,30,31,35,36,37). The van der Waals surface area contributed by atoms with Crippen molar-refractivity contribution >= 4 is 40.6 Å². The van der Waals surface area contributed by atoms with Crippen LogP contribution in [-0.4, -0.2) is 58.7 Å². The molecule has 1 aromatic heterocycles. The average molecular weight is 500 g/mol. The maximum absolute atomic E-state index is 13.1. The highest BCUT2D eigenvalue weighted by Crippen LogP contribution is 2.34. The highest BCUT2D eigenvalue weighted by molar-refractivity contribution is 6.20. The second-order valence-corrected chi connectivity index (χ2v) is 9.45. The van der Waals surface area contributed by atoms with Gasteiger partial charge in [-0.05, 0) is 48.7 Å². The van der Waals surface area contributed by atoms with Gasteiger partial charge in [-0.2, -0.15) is 0 Å². The number of nitrogens with one attached hydrogen (secondary N) is 3. The summed E-state index contributed by atoms with van der Waals surface area (Å²) in [5.74, 6) is -2.53. The molecule has 10 heteroatoms. The number of carbonyl (C=O) groups is 5. The molecule has 2 saturated heterocycles. The fourth-order valence-corrected chi connectivity index (χ4v) is 5.06. The van der Waals surface area contributed by atoms with Crippen LogP contribution in [0.15, 0.2) is 54.6 Å². The summed E-state index contributed by atoms with van der Waals surface area (Å²) in [7, 11) is 0. The number of imide groups is 2. The molecule has 0 aliphatic carbocycles. The zero-order valence-electron chi connectivity index (χ0n) is 20.3. The van der Waals surface area contributed by atoms with Crippen molar-refractivity contribution in [2.24, 2.45) is 5.41 Å². The third-order valence-corrected chi connectivity index (χ3v) is 6.99. The molecule has 1 unspecified atom stereocenters. The zero-order chi connectivity index (χ0) is 26.3. The number of urea groups is 1. The van der Waals surface area contributed by atoms with Gasteiger partial charge in [0, 0.05) is 36.7 Å². The van der Waals surface area contributed by atoms with E-state index < -0.39 is 35.2 Å². The minimum atomic E-state index is -1.80. The van der Waals surface area contributed by atoms with E-state index in [4.69, 9.17) is 0 Å². The number of benzene rings is 2. The summed E-state index contributed by atoms with van der Waals surface area (Å²) in [4.78, 5) is 68.2. The number of aromatic nitrogens is 1. The minimum absolute atomic E-state index is 0.0390. The van der Waals surface area contributed by atoms with Gasteiger partial charge in [-0.1, -0.05) is 30.3 Å². The first-order valence-electron chi connectivity index (χ1n) is 11.8. The van der Waals surface area contributed by atoms with E-state index in [0.29, 0.717) is 12.0 Å². The Kier molecular flexibility index (Phi) is 5.94. The molecule has 5 rings (SSSR count). The van der Waals surface area contributed by atoms with E-state index in [-0.39, 0.29) is 19.0 Å². The number of fused-ring (bicyclic) bond motifs is 1. The van der Waals surface area contributed by atoms with Gasteiger partial charge in [-0.3, -0.25) is 34.8 Å². The molecule has 1 atom stereocenters.